The maximum absolute atomic E-state index is 12.8. The van der Waals surface area contributed by atoms with Crippen LogP contribution in [0.1, 0.15) is 13.3 Å². The molecule has 7 heteroatoms. The number of ether oxygens (including phenoxy) is 1. The van der Waals surface area contributed by atoms with Crippen molar-refractivity contribution in [1.29, 1.82) is 0 Å². The Hall–Kier alpha value is -2.12. The number of carbonyl (C=O) groups excluding carboxylic acids is 1. The molecule has 1 aromatic heterocycles. The average Bonchev–Trinajstić information content (AvgIpc) is 2.98. The Balaban J connectivity index is 1.53. The Labute approximate surface area is 153 Å². The van der Waals surface area contributed by atoms with Crippen LogP contribution in [0.4, 0.5) is 9.52 Å². The molecular weight excluding hydrogens is 359 g/mol. The predicted octanol–water partition coefficient (Wildman–Crippen LogP) is 4.96. The van der Waals surface area contributed by atoms with Gasteiger partial charge < -0.3 is 10.1 Å². The zero-order valence-corrected chi connectivity index (χ0v) is 15.3. The van der Waals surface area contributed by atoms with Crippen molar-refractivity contribution in [2.24, 2.45) is 0 Å². The molecule has 0 saturated carbocycles. The summed E-state index contributed by atoms with van der Waals surface area (Å²) < 4.78 is 19.3. The number of thiazole rings is 1. The van der Waals surface area contributed by atoms with Gasteiger partial charge in [0.15, 0.2) is 5.13 Å². The molecule has 25 heavy (non-hydrogen) atoms. The molecule has 0 radical (unpaired) electrons. The molecule has 0 spiro atoms. The fourth-order valence-corrected chi connectivity index (χ4v) is 3.95. The van der Waals surface area contributed by atoms with Crippen LogP contribution < -0.4 is 10.1 Å². The number of carbonyl (C=O) groups is 1. The van der Waals surface area contributed by atoms with Gasteiger partial charge in [-0.25, -0.2) is 9.37 Å². The summed E-state index contributed by atoms with van der Waals surface area (Å²) in [6, 6.07) is 11.9. The first-order chi connectivity index (χ1) is 12.1. The molecule has 0 saturated heterocycles. The summed E-state index contributed by atoms with van der Waals surface area (Å²) in [4.78, 5) is 17.4. The molecule has 0 aliphatic rings. The molecular formula is C18H17FN2O2S2. The SMILES string of the molecule is CCOc1ccc2nc(NC(=O)CCSc3ccc(F)cc3)sc2c1. The third kappa shape index (κ3) is 4.93. The van der Waals surface area contributed by atoms with E-state index in [1.54, 1.807) is 12.1 Å². The van der Waals surface area contributed by atoms with E-state index in [0.717, 1.165) is 20.9 Å². The lowest BCUT2D eigenvalue weighted by Crippen LogP contribution is -2.11. The van der Waals surface area contributed by atoms with Gasteiger partial charge in [0.1, 0.15) is 11.6 Å². The molecule has 0 aliphatic carbocycles. The first kappa shape index (κ1) is 17.7. The number of thioether (sulfide) groups is 1. The van der Waals surface area contributed by atoms with Crippen LogP contribution in [0.3, 0.4) is 0 Å². The lowest BCUT2D eigenvalue weighted by atomic mass is 10.3. The van der Waals surface area contributed by atoms with Crippen molar-refractivity contribution in [3.63, 3.8) is 0 Å². The van der Waals surface area contributed by atoms with E-state index in [9.17, 15) is 9.18 Å². The van der Waals surface area contributed by atoms with E-state index >= 15 is 0 Å². The molecule has 130 valence electrons. The Morgan fingerprint density at radius 2 is 2.08 bits per heavy atom. The van der Waals surface area contributed by atoms with Gasteiger partial charge in [0.05, 0.1) is 16.8 Å². The molecule has 2 aromatic carbocycles. The minimum atomic E-state index is -0.259. The summed E-state index contributed by atoms with van der Waals surface area (Å²) in [7, 11) is 0. The zero-order valence-electron chi connectivity index (χ0n) is 13.6. The topological polar surface area (TPSA) is 51.2 Å². The number of anilines is 1. The monoisotopic (exact) mass is 376 g/mol. The van der Waals surface area contributed by atoms with Crippen LogP contribution in [0.5, 0.6) is 5.75 Å². The number of halogens is 1. The highest BCUT2D eigenvalue weighted by Gasteiger charge is 2.09. The van der Waals surface area contributed by atoms with E-state index < -0.39 is 0 Å². The van der Waals surface area contributed by atoms with Crippen LogP contribution in [0.15, 0.2) is 47.4 Å². The van der Waals surface area contributed by atoms with Crippen molar-refractivity contribution in [3.05, 3.63) is 48.3 Å². The lowest BCUT2D eigenvalue weighted by molar-refractivity contribution is -0.115. The second kappa shape index (κ2) is 8.31. The molecule has 1 amide bonds. The van der Waals surface area contributed by atoms with E-state index in [-0.39, 0.29) is 11.7 Å². The third-order valence-corrected chi connectivity index (χ3v) is 5.28. The van der Waals surface area contributed by atoms with Crippen molar-refractivity contribution in [1.82, 2.24) is 4.98 Å². The van der Waals surface area contributed by atoms with Gasteiger partial charge in [-0.1, -0.05) is 11.3 Å². The minimum absolute atomic E-state index is 0.0845. The summed E-state index contributed by atoms with van der Waals surface area (Å²) in [6.45, 7) is 2.55. The zero-order chi connectivity index (χ0) is 17.6. The van der Waals surface area contributed by atoms with Gasteiger partial charge in [0.25, 0.3) is 0 Å². The smallest absolute Gasteiger partial charge is 0.226 e. The number of nitrogens with zero attached hydrogens (tertiary/aromatic N) is 1. The van der Waals surface area contributed by atoms with Gasteiger partial charge in [-0.2, -0.15) is 0 Å². The molecule has 0 fully saturated rings. The Kier molecular flexibility index (Phi) is 5.88. The van der Waals surface area contributed by atoms with Crippen LogP contribution in [0.25, 0.3) is 10.2 Å². The quantitative estimate of drug-likeness (QED) is 0.593. The van der Waals surface area contributed by atoms with E-state index in [1.807, 2.05) is 25.1 Å². The van der Waals surface area contributed by atoms with Gasteiger partial charge in [-0.15, -0.1) is 11.8 Å². The fraction of sp³-hybridized carbons (Fsp3) is 0.222. The molecule has 1 heterocycles. The summed E-state index contributed by atoms with van der Waals surface area (Å²) >= 11 is 2.94. The van der Waals surface area contributed by atoms with Gasteiger partial charge in [-0.05, 0) is 49.4 Å². The largest absolute Gasteiger partial charge is 0.494 e. The fourth-order valence-electron chi connectivity index (χ4n) is 2.19. The molecule has 0 unspecified atom stereocenters. The van der Waals surface area contributed by atoms with E-state index in [4.69, 9.17) is 4.74 Å². The summed E-state index contributed by atoms with van der Waals surface area (Å²) in [5.74, 6) is 1.08. The van der Waals surface area contributed by atoms with Crippen LogP contribution in [0.2, 0.25) is 0 Å². The van der Waals surface area contributed by atoms with Crippen molar-refractivity contribution >= 4 is 44.4 Å². The molecule has 3 rings (SSSR count). The summed E-state index contributed by atoms with van der Waals surface area (Å²) in [5.41, 5.74) is 0.837. The van der Waals surface area contributed by atoms with Crippen LogP contribution in [-0.2, 0) is 4.79 Å². The first-order valence-electron chi connectivity index (χ1n) is 7.85. The van der Waals surface area contributed by atoms with Crippen LogP contribution >= 0.6 is 23.1 Å². The summed E-state index contributed by atoms with van der Waals surface area (Å²) in [5, 5.41) is 3.42. The van der Waals surface area contributed by atoms with Crippen molar-refractivity contribution in [3.8, 4) is 5.75 Å². The number of rotatable bonds is 7. The molecule has 1 N–H and O–H groups in total. The third-order valence-electron chi connectivity index (χ3n) is 3.33. The summed E-state index contributed by atoms with van der Waals surface area (Å²) in [6.07, 6.45) is 0.363. The van der Waals surface area contributed by atoms with Crippen molar-refractivity contribution in [2.45, 2.75) is 18.2 Å². The van der Waals surface area contributed by atoms with Crippen molar-refractivity contribution in [2.75, 3.05) is 17.7 Å². The number of fused-ring (bicyclic) bond motifs is 1. The average molecular weight is 376 g/mol. The lowest BCUT2D eigenvalue weighted by Gasteiger charge is -2.02. The number of aromatic nitrogens is 1. The molecule has 3 aromatic rings. The van der Waals surface area contributed by atoms with Gasteiger partial charge in [0, 0.05) is 17.1 Å². The molecule has 0 bridgehead atoms. The standard InChI is InChI=1S/C18H17FN2O2S2/c1-2-23-13-5-8-15-16(11-13)25-18(20-15)21-17(22)9-10-24-14-6-3-12(19)4-7-14/h3-8,11H,2,9-10H2,1H3,(H,20,21,22). The number of hydrogen-bond acceptors (Lipinski definition) is 5. The number of nitrogens with one attached hydrogen (secondary N) is 1. The minimum Gasteiger partial charge on any atom is -0.494 e. The predicted molar refractivity (Wildman–Crippen MR) is 101 cm³/mol. The molecule has 4 nitrogen and oxygen atoms in total. The number of amides is 1. The van der Waals surface area contributed by atoms with E-state index in [2.05, 4.69) is 10.3 Å². The van der Waals surface area contributed by atoms with Crippen LogP contribution in [0, 0.1) is 5.82 Å². The van der Waals surface area contributed by atoms with Crippen LogP contribution in [-0.4, -0.2) is 23.3 Å². The normalized spacial score (nSPS) is 10.8. The maximum atomic E-state index is 12.8. The van der Waals surface area contributed by atoms with Gasteiger partial charge >= 0.3 is 0 Å². The highest BCUT2D eigenvalue weighted by molar-refractivity contribution is 7.99. The Morgan fingerprint density at radius 1 is 1.28 bits per heavy atom. The number of benzene rings is 2. The second-order valence-corrected chi connectivity index (χ2v) is 7.38. The second-order valence-electron chi connectivity index (χ2n) is 5.18. The molecule has 0 atom stereocenters. The Morgan fingerprint density at radius 3 is 2.84 bits per heavy atom. The first-order valence-corrected chi connectivity index (χ1v) is 9.66. The van der Waals surface area contributed by atoms with Gasteiger partial charge in [-0.3, -0.25) is 4.79 Å². The highest BCUT2D eigenvalue weighted by Crippen LogP contribution is 2.29. The maximum Gasteiger partial charge on any atom is 0.226 e. The highest BCUT2D eigenvalue weighted by atomic mass is 32.2. The van der Waals surface area contributed by atoms with Gasteiger partial charge in [0.2, 0.25) is 5.91 Å². The van der Waals surface area contributed by atoms with Crippen molar-refractivity contribution < 1.29 is 13.9 Å². The molecule has 0 aliphatic heterocycles. The van der Waals surface area contributed by atoms with E-state index in [0.29, 0.717) is 23.9 Å². The van der Waals surface area contributed by atoms with E-state index in [1.165, 1.54) is 35.2 Å². The Bertz CT molecular complexity index is 865. The number of hydrogen-bond donors (Lipinski definition) is 1.